The summed E-state index contributed by atoms with van der Waals surface area (Å²) in [6.45, 7) is 2.08. The summed E-state index contributed by atoms with van der Waals surface area (Å²) < 4.78 is 31.0. The zero-order valence-electron chi connectivity index (χ0n) is 10.7. The highest BCUT2D eigenvalue weighted by Gasteiger charge is 2.21. The van der Waals surface area contributed by atoms with E-state index in [4.69, 9.17) is 4.74 Å². The van der Waals surface area contributed by atoms with Crippen LogP contribution in [0.5, 0.6) is 0 Å². The first-order chi connectivity index (χ1) is 9.42. The summed E-state index contributed by atoms with van der Waals surface area (Å²) in [5.41, 5.74) is 0.0684. The van der Waals surface area contributed by atoms with Gasteiger partial charge in [0, 0.05) is 17.4 Å². The molecule has 0 aliphatic rings. The number of carbonyl (C=O) groups is 1. The number of aromatic nitrogens is 1. The predicted molar refractivity (Wildman–Crippen MR) is 76.5 cm³/mol. The number of nitrogens with one attached hydrogen (secondary N) is 1. The van der Waals surface area contributed by atoms with Crippen LogP contribution in [0.15, 0.2) is 21.7 Å². The number of methoxy groups -OCH3 is 1. The van der Waals surface area contributed by atoms with Crippen molar-refractivity contribution in [2.75, 3.05) is 7.11 Å². The Bertz CT molecular complexity index is 718. The van der Waals surface area contributed by atoms with E-state index in [0.717, 1.165) is 16.2 Å². The number of thiophene rings is 1. The molecule has 20 heavy (non-hydrogen) atoms. The SMILES string of the molecule is COCc1nc(C(=O)NS(=O)(=O)c2ccc(C)s2)cs1. The molecule has 0 spiro atoms. The molecule has 0 aliphatic carbocycles. The molecule has 6 nitrogen and oxygen atoms in total. The summed E-state index contributed by atoms with van der Waals surface area (Å²) in [4.78, 5) is 16.7. The average Bonchev–Trinajstić information content (AvgIpc) is 2.98. The second-order valence-corrected chi connectivity index (χ2v) is 8.00. The van der Waals surface area contributed by atoms with Crippen LogP contribution in [0.2, 0.25) is 0 Å². The Kier molecular flexibility index (Phi) is 4.53. The van der Waals surface area contributed by atoms with Crippen LogP contribution in [0, 0.1) is 6.92 Å². The quantitative estimate of drug-likeness (QED) is 0.902. The number of hydrogen-bond donors (Lipinski definition) is 1. The van der Waals surface area contributed by atoms with E-state index in [1.165, 1.54) is 29.9 Å². The lowest BCUT2D eigenvalue weighted by Crippen LogP contribution is -2.30. The molecule has 0 unspecified atom stereocenters. The molecule has 1 N–H and O–H groups in total. The van der Waals surface area contributed by atoms with Gasteiger partial charge in [-0.15, -0.1) is 22.7 Å². The van der Waals surface area contributed by atoms with Gasteiger partial charge in [0.25, 0.3) is 15.9 Å². The minimum Gasteiger partial charge on any atom is -0.378 e. The summed E-state index contributed by atoms with van der Waals surface area (Å²) in [6, 6.07) is 3.15. The number of nitrogens with zero attached hydrogens (tertiary/aromatic N) is 1. The molecule has 2 aromatic heterocycles. The summed E-state index contributed by atoms with van der Waals surface area (Å²) in [6.07, 6.45) is 0. The molecule has 0 radical (unpaired) electrons. The molecule has 0 aliphatic heterocycles. The van der Waals surface area contributed by atoms with E-state index in [1.807, 2.05) is 4.72 Å². The van der Waals surface area contributed by atoms with Crippen molar-refractivity contribution in [1.82, 2.24) is 9.71 Å². The van der Waals surface area contributed by atoms with Gasteiger partial charge in [0.05, 0.1) is 6.61 Å². The normalized spacial score (nSPS) is 11.5. The second kappa shape index (κ2) is 6.00. The molecule has 9 heteroatoms. The third-order valence-corrected chi connectivity index (χ3v) is 5.91. The highest BCUT2D eigenvalue weighted by molar-refractivity contribution is 7.92. The van der Waals surface area contributed by atoms with Crippen LogP contribution in [-0.4, -0.2) is 26.4 Å². The fourth-order valence-electron chi connectivity index (χ4n) is 1.39. The molecule has 0 atom stereocenters. The number of thiazole rings is 1. The molecule has 2 rings (SSSR count). The van der Waals surface area contributed by atoms with E-state index in [9.17, 15) is 13.2 Å². The largest absolute Gasteiger partial charge is 0.378 e. The summed E-state index contributed by atoms with van der Waals surface area (Å²) in [7, 11) is -2.32. The summed E-state index contributed by atoms with van der Waals surface area (Å²) in [5, 5.41) is 2.11. The third kappa shape index (κ3) is 3.42. The highest BCUT2D eigenvalue weighted by Crippen LogP contribution is 2.20. The minimum absolute atomic E-state index is 0.0684. The molecule has 2 heterocycles. The van der Waals surface area contributed by atoms with Gasteiger partial charge in [-0.25, -0.2) is 18.1 Å². The van der Waals surface area contributed by atoms with Crippen molar-refractivity contribution in [3.8, 4) is 0 Å². The topological polar surface area (TPSA) is 85.4 Å². The van der Waals surface area contributed by atoms with Crippen LogP contribution >= 0.6 is 22.7 Å². The lowest BCUT2D eigenvalue weighted by Gasteiger charge is -2.02. The maximum atomic E-state index is 12.0. The molecule has 0 aromatic carbocycles. The van der Waals surface area contributed by atoms with Gasteiger partial charge in [-0.1, -0.05) is 0 Å². The molecule has 108 valence electrons. The summed E-state index contributed by atoms with van der Waals surface area (Å²) in [5.74, 6) is -0.741. The number of rotatable bonds is 5. The van der Waals surface area contributed by atoms with Crippen molar-refractivity contribution in [3.63, 3.8) is 0 Å². The zero-order valence-corrected chi connectivity index (χ0v) is 13.2. The van der Waals surface area contributed by atoms with E-state index >= 15 is 0 Å². The molecule has 0 saturated heterocycles. The van der Waals surface area contributed by atoms with Gasteiger partial charge in [0.2, 0.25) is 0 Å². The first-order valence-electron chi connectivity index (χ1n) is 5.49. The lowest BCUT2D eigenvalue weighted by molar-refractivity contribution is 0.0976. The number of carbonyl (C=O) groups excluding carboxylic acids is 1. The average molecular weight is 332 g/mol. The second-order valence-electron chi connectivity index (χ2n) is 3.86. The van der Waals surface area contributed by atoms with Crippen LogP contribution in [0.1, 0.15) is 20.4 Å². The number of hydrogen-bond acceptors (Lipinski definition) is 7. The van der Waals surface area contributed by atoms with Gasteiger partial charge in [-0.05, 0) is 19.1 Å². The first kappa shape index (κ1) is 15.1. The fraction of sp³-hybridized carbons (Fsp3) is 0.273. The van der Waals surface area contributed by atoms with Crippen molar-refractivity contribution >= 4 is 38.6 Å². The molecule has 0 bridgehead atoms. The van der Waals surface area contributed by atoms with Crippen molar-refractivity contribution < 1.29 is 17.9 Å². The van der Waals surface area contributed by atoms with Gasteiger partial charge in [-0.2, -0.15) is 0 Å². The van der Waals surface area contributed by atoms with Crippen LogP contribution in [0.4, 0.5) is 0 Å². The maximum absolute atomic E-state index is 12.0. The number of ether oxygens (including phenoxy) is 1. The van der Waals surface area contributed by atoms with Gasteiger partial charge in [0.15, 0.2) is 0 Å². The third-order valence-electron chi connectivity index (χ3n) is 2.26. The standard InChI is InChI=1S/C11H12N2O4S3/c1-7-3-4-10(19-7)20(15,16)13-11(14)8-6-18-9(12-8)5-17-2/h3-4,6H,5H2,1-2H3,(H,13,14). The van der Waals surface area contributed by atoms with Gasteiger partial charge >= 0.3 is 0 Å². The molecule has 1 amide bonds. The molecular weight excluding hydrogens is 320 g/mol. The van der Waals surface area contributed by atoms with Gasteiger partial charge in [0.1, 0.15) is 14.9 Å². The number of amides is 1. The van der Waals surface area contributed by atoms with Crippen molar-refractivity contribution in [3.05, 3.63) is 33.1 Å². The van der Waals surface area contributed by atoms with Crippen LogP contribution in [0.3, 0.4) is 0 Å². The van der Waals surface area contributed by atoms with E-state index in [1.54, 1.807) is 13.0 Å². The first-order valence-corrected chi connectivity index (χ1v) is 8.67. The van der Waals surface area contributed by atoms with Crippen LogP contribution < -0.4 is 4.72 Å². The Morgan fingerprint density at radius 1 is 1.45 bits per heavy atom. The van der Waals surface area contributed by atoms with Gasteiger partial charge < -0.3 is 4.74 Å². The van der Waals surface area contributed by atoms with Gasteiger partial charge in [-0.3, -0.25) is 4.79 Å². The maximum Gasteiger partial charge on any atom is 0.284 e. The smallest absolute Gasteiger partial charge is 0.284 e. The molecule has 0 fully saturated rings. The monoisotopic (exact) mass is 332 g/mol. The Labute approximate surface area is 124 Å². The fourth-order valence-corrected chi connectivity index (χ4v) is 4.37. The van der Waals surface area contributed by atoms with E-state index in [0.29, 0.717) is 5.01 Å². The van der Waals surface area contributed by atoms with Crippen LogP contribution in [-0.2, 0) is 21.4 Å². The minimum atomic E-state index is -3.84. The Hall–Kier alpha value is -1.29. The Balaban J connectivity index is 2.14. The number of aryl methyl sites for hydroxylation is 1. The molecule has 2 aromatic rings. The van der Waals surface area contributed by atoms with Crippen molar-refractivity contribution in [1.29, 1.82) is 0 Å². The Morgan fingerprint density at radius 2 is 2.20 bits per heavy atom. The Morgan fingerprint density at radius 3 is 2.80 bits per heavy atom. The van der Waals surface area contributed by atoms with E-state index < -0.39 is 15.9 Å². The van der Waals surface area contributed by atoms with Crippen molar-refractivity contribution in [2.24, 2.45) is 0 Å². The number of sulfonamides is 1. The highest BCUT2D eigenvalue weighted by atomic mass is 32.2. The van der Waals surface area contributed by atoms with E-state index in [2.05, 4.69) is 4.98 Å². The van der Waals surface area contributed by atoms with Crippen LogP contribution in [0.25, 0.3) is 0 Å². The molecule has 0 saturated carbocycles. The zero-order chi connectivity index (χ0) is 14.8. The van der Waals surface area contributed by atoms with Crippen molar-refractivity contribution in [2.45, 2.75) is 17.7 Å². The summed E-state index contributed by atoms with van der Waals surface area (Å²) >= 11 is 2.34. The molecular formula is C11H12N2O4S3. The van der Waals surface area contributed by atoms with E-state index in [-0.39, 0.29) is 16.5 Å². The lowest BCUT2D eigenvalue weighted by atomic mass is 10.5. The predicted octanol–water partition coefficient (Wildman–Crippen LogP) is 1.78.